The summed E-state index contributed by atoms with van der Waals surface area (Å²) in [5.74, 6) is -0.0782. The Morgan fingerprint density at radius 3 is 2.45 bits per heavy atom. The maximum Gasteiger partial charge on any atom is 0.407 e. The van der Waals surface area contributed by atoms with Crippen LogP contribution in [0.1, 0.15) is 37.6 Å². The van der Waals surface area contributed by atoms with Crippen molar-refractivity contribution < 1.29 is 19.1 Å². The van der Waals surface area contributed by atoms with Crippen LogP contribution in [0.25, 0.3) is 0 Å². The van der Waals surface area contributed by atoms with Crippen LogP contribution in [0.3, 0.4) is 0 Å². The number of hydrogen-bond acceptors (Lipinski definition) is 4. The van der Waals surface area contributed by atoms with Gasteiger partial charge < -0.3 is 14.8 Å². The lowest BCUT2D eigenvalue weighted by molar-refractivity contribution is 0.0464. The fourth-order valence-corrected chi connectivity index (χ4v) is 2.35. The summed E-state index contributed by atoms with van der Waals surface area (Å²) in [6.07, 6.45) is -0.426. The number of nitrogens with one attached hydrogen (secondary N) is 1. The smallest absolute Gasteiger partial charge is 0.407 e. The van der Waals surface area contributed by atoms with Crippen molar-refractivity contribution in [3.05, 3.63) is 34.3 Å². The molecular formula is C16H22BrNO4. The van der Waals surface area contributed by atoms with E-state index in [1.165, 1.54) is 7.11 Å². The van der Waals surface area contributed by atoms with E-state index >= 15 is 0 Å². The van der Waals surface area contributed by atoms with E-state index in [2.05, 4.69) is 21.2 Å². The summed E-state index contributed by atoms with van der Waals surface area (Å²) in [7, 11) is 1.52. The number of amides is 1. The third-order valence-electron chi connectivity index (χ3n) is 2.69. The van der Waals surface area contributed by atoms with E-state index < -0.39 is 17.7 Å². The SMILES string of the molecule is COCC(CC(=O)c1ccccc1Br)NC(=O)OC(C)(C)C. The third-order valence-corrected chi connectivity index (χ3v) is 3.39. The molecule has 1 unspecified atom stereocenters. The van der Waals surface area contributed by atoms with Gasteiger partial charge in [0.25, 0.3) is 0 Å². The number of benzene rings is 1. The minimum absolute atomic E-state index is 0.0782. The van der Waals surface area contributed by atoms with E-state index in [9.17, 15) is 9.59 Å². The molecule has 0 aliphatic rings. The van der Waals surface area contributed by atoms with Crippen molar-refractivity contribution in [3.63, 3.8) is 0 Å². The first-order valence-electron chi connectivity index (χ1n) is 6.99. The molecule has 0 fully saturated rings. The van der Waals surface area contributed by atoms with Crippen LogP contribution in [0.15, 0.2) is 28.7 Å². The Labute approximate surface area is 139 Å². The lowest BCUT2D eigenvalue weighted by atomic mass is 10.0. The molecule has 6 heteroatoms. The first kappa shape index (κ1) is 18.6. The number of carbonyl (C=O) groups excluding carboxylic acids is 2. The highest BCUT2D eigenvalue weighted by Gasteiger charge is 2.22. The molecule has 0 radical (unpaired) electrons. The molecular weight excluding hydrogens is 350 g/mol. The van der Waals surface area contributed by atoms with Gasteiger partial charge in [0.05, 0.1) is 12.6 Å². The van der Waals surface area contributed by atoms with Gasteiger partial charge in [0.15, 0.2) is 5.78 Å². The Hall–Kier alpha value is -1.40. The maximum atomic E-state index is 12.3. The average Bonchev–Trinajstić information content (AvgIpc) is 2.36. The highest BCUT2D eigenvalue weighted by molar-refractivity contribution is 9.10. The lowest BCUT2D eigenvalue weighted by Crippen LogP contribution is -2.42. The first-order chi connectivity index (χ1) is 10.2. The van der Waals surface area contributed by atoms with Gasteiger partial charge in [0.1, 0.15) is 5.60 Å². The van der Waals surface area contributed by atoms with E-state index in [1.54, 1.807) is 39.0 Å². The molecule has 1 atom stereocenters. The molecule has 0 aliphatic carbocycles. The van der Waals surface area contributed by atoms with Gasteiger partial charge in [-0.25, -0.2) is 4.79 Å². The van der Waals surface area contributed by atoms with Crippen LogP contribution in [0.2, 0.25) is 0 Å². The second-order valence-electron chi connectivity index (χ2n) is 5.91. The number of hydrogen-bond donors (Lipinski definition) is 1. The molecule has 1 rings (SSSR count). The van der Waals surface area contributed by atoms with Crippen molar-refractivity contribution in [1.82, 2.24) is 5.32 Å². The molecule has 0 aromatic heterocycles. The molecule has 0 saturated heterocycles. The van der Waals surface area contributed by atoms with E-state index in [0.29, 0.717) is 5.56 Å². The molecule has 1 aromatic carbocycles. The molecule has 1 N–H and O–H groups in total. The zero-order valence-corrected chi connectivity index (χ0v) is 14.9. The van der Waals surface area contributed by atoms with Gasteiger partial charge in [-0.2, -0.15) is 0 Å². The standard InChI is InChI=1S/C16H22BrNO4/c1-16(2,3)22-15(20)18-11(10-21-4)9-14(19)12-7-5-6-8-13(12)17/h5-8,11H,9-10H2,1-4H3,(H,18,20). The minimum Gasteiger partial charge on any atom is -0.444 e. The zero-order valence-electron chi connectivity index (χ0n) is 13.3. The number of methoxy groups -OCH3 is 1. The molecule has 22 heavy (non-hydrogen) atoms. The largest absolute Gasteiger partial charge is 0.444 e. The summed E-state index contributed by atoms with van der Waals surface area (Å²) in [5.41, 5.74) is -0.0108. The van der Waals surface area contributed by atoms with E-state index in [1.807, 2.05) is 6.07 Å². The number of ketones is 1. The fourth-order valence-electron chi connectivity index (χ4n) is 1.85. The second kappa shape index (κ2) is 8.29. The molecule has 0 aliphatic heterocycles. The number of Topliss-reactive ketones (excluding diaryl/α,β-unsaturated/α-hetero) is 1. The Bertz CT molecular complexity index is 525. The summed E-state index contributed by atoms with van der Waals surface area (Å²) in [4.78, 5) is 24.2. The number of alkyl carbamates (subject to hydrolysis) is 1. The molecule has 0 bridgehead atoms. The summed E-state index contributed by atoms with van der Waals surface area (Å²) in [5, 5.41) is 2.67. The molecule has 0 spiro atoms. The first-order valence-corrected chi connectivity index (χ1v) is 7.78. The quantitative estimate of drug-likeness (QED) is 0.776. The van der Waals surface area contributed by atoms with Gasteiger partial charge in [0.2, 0.25) is 0 Å². The Morgan fingerprint density at radius 1 is 1.27 bits per heavy atom. The topological polar surface area (TPSA) is 64.6 Å². The number of rotatable bonds is 6. The van der Waals surface area contributed by atoms with Crippen molar-refractivity contribution in [2.45, 2.75) is 38.8 Å². The van der Waals surface area contributed by atoms with Gasteiger partial charge in [0, 0.05) is 23.6 Å². The van der Waals surface area contributed by atoms with Gasteiger partial charge in [-0.1, -0.05) is 34.1 Å². The number of ether oxygens (including phenoxy) is 2. The average molecular weight is 372 g/mol. The summed E-state index contributed by atoms with van der Waals surface area (Å²) in [6, 6.07) is 6.74. The number of carbonyl (C=O) groups is 2. The minimum atomic E-state index is -0.589. The van der Waals surface area contributed by atoms with E-state index in [4.69, 9.17) is 9.47 Å². The predicted molar refractivity (Wildman–Crippen MR) is 88.1 cm³/mol. The Balaban J connectivity index is 2.70. The fraction of sp³-hybridized carbons (Fsp3) is 0.500. The predicted octanol–water partition coefficient (Wildman–Crippen LogP) is 3.56. The summed E-state index contributed by atoms with van der Waals surface area (Å²) in [6.45, 7) is 5.58. The lowest BCUT2D eigenvalue weighted by Gasteiger charge is -2.23. The van der Waals surface area contributed by atoms with Gasteiger partial charge in [-0.3, -0.25) is 4.79 Å². The Morgan fingerprint density at radius 2 is 1.91 bits per heavy atom. The molecule has 122 valence electrons. The zero-order chi connectivity index (χ0) is 16.8. The molecule has 1 aromatic rings. The van der Waals surface area contributed by atoms with Crippen LogP contribution in [-0.4, -0.2) is 37.2 Å². The van der Waals surface area contributed by atoms with Crippen LogP contribution < -0.4 is 5.32 Å². The van der Waals surface area contributed by atoms with E-state index in [-0.39, 0.29) is 18.8 Å². The summed E-state index contributed by atoms with van der Waals surface area (Å²) < 4.78 is 11.0. The van der Waals surface area contributed by atoms with Gasteiger partial charge >= 0.3 is 6.09 Å². The van der Waals surface area contributed by atoms with Crippen molar-refractivity contribution in [2.24, 2.45) is 0 Å². The normalized spacial score (nSPS) is 12.6. The Kier molecular flexibility index (Phi) is 7.03. The van der Waals surface area contributed by atoms with E-state index in [0.717, 1.165) is 4.47 Å². The maximum absolute atomic E-state index is 12.3. The van der Waals surface area contributed by atoms with Crippen LogP contribution in [-0.2, 0) is 9.47 Å². The molecule has 0 saturated carbocycles. The highest BCUT2D eigenvalue weighted by Crippen LogP contribution is 2.18. The van der Waals surface area contributed by atoms with Crippen molar-refractivity contribution >= 4 is 27.8 Å². The van der Waals surface area contributed by atoms with Crippen molar-refractivity contribution in [1.29, 1.82) is 0 Å². The van der Waals surface area contributed by atoms with Crippen LogP contribution in [0.5, 0.6) is 0 Å². The monoisotopic (exact) mass is 371 g/mol. The van der Waals surface area contributed by atoms with Gasteiger partial charge in [-0.15, -0.1) is 0 Å². The van der Waals surface area contributed by atoms with Crippen LogP contribution >= 0.6 is 15.9 Å². The van der Waals surface area contributed by atoms with Gasteiger partial charge in [-0.05, 0) is 26.8 Å². The van der Waals surface area contributed by atoms with Crippen molar-refractivity contribution in [2.75, 3.05) is 13.7 Å². The van der Waals surface area contributed by atoms with Crippen molar-refractivity contribution in [3.8, 4) is 0 Å². The molecule has 0 heterocycles. The van der Waals surface area contributed by atoms with Crippen LogP contribution in [0.4, 0.5) is 4.79 Å². The highest BCUT2D eigenvalue weighted by atomic mass is 79.9. The summed E-state index contributed by atoms with van der Waals surface area (Å²) >= 11 is 3.35. The second-order valence-corrected chi connectivity index (χ2v) is 6.76. The molecule has 5 nitrogen and oxygen atoms in total. The number of halogens is 1. The molecule has 1 amide bonds. The third kappa shape index (κ3) is 6.58. The van der Waals surface area contributed by atoms with Crippen LogP contribution in [0, 0.1) is 0 Å².